The molecule has 1 heterocycles. The van der Waals surface area contributed by atoms with Gasteiger partial charge in [0, 0.05) is 43.4 Å². The lowest BCUT2D eigenvalue weighted by Crippen LogP contribution is -2.46. The maximum Gasteiger partial charge on any atom is 0.501 e. The summed E-state index contributed by atoms with van der Waals surface area (Å²) in [6, 6.07) is 7.73. The van der Waals surface area contributed by atoms with Crippen LogP contribution in [0.2, 0.25) is 6.04 Å². The summed E-state index contributed by atoms with van der Waals surface area (Å²) in [7, 11) is -2.63. The molecule has 0 spiro atoms. The molecule has 0 aliphatic rings. The Morgan fingerprint density at radius 1 is 1.00 bits per heavy atom. The summed E-state index contributed by atoms with van der Waals surface area (Å²) in [5.41, 5.74) is 1.07. The number of aryl methyl sites for hydroxylation is 1. The Morgan fingerprint density at radius 3 is 2.27 bits per heavy atom. The van der Waals surface area contributed by atoms with Gasteiger partial charge in [0.1, 0.15) is 11.3 Å². The normalized spacial score (nSPS) is 11.8. The van der Waals surface area contributed by atoms with E-state index >= 15 is 0 Å². The lowest BCUT2D eigenvalue weighted by molar-refractivity contribution is 0.0696. The van der Waals surface area contributed by atoms with Gasteiger partial charge in [0.2, 0.25) is 0 Å². The third kappa shape index (κ3) is 5.41. The summed E-state index contributed by atoms with van der Waals surface area (Å²) in [4.78, 5) is 11.5. The van der Waals surface area contributed by atoms with Crippen LogP contribution in [-0.4, -0.2) is 35.2 Å². The molecule has 0 amide bonds. The second-order valence-electron chi connectivity index (χ2n) is 5.84. The van der Waals surface area contributed by atoms with E-state index < -0.39 is 8.80 Å². The molecule has 6 nitrogen and oxygen atoms in total. The average Bonchev–Trinajstić information content (AvgIpc) is 2.59. The molecule has 144 valence electrons. The van der Waals surface area contributed by atoms with Crippen LogP contribution < -0.4 is 10.4 Å². The van der Waals surface area contributed by atoms with Gasteiger partial charge in [-0.1, -0.05) is 0 Å². The lowest BCUT2D eigenvalue weighted by Gasteiger charge is -2.28. The van der Waals surface area contributed by atoms with E-state index in [1.165, 1.54) is 6.07 Å². The Morgan fingerprint density at radius 2 is 1.65 bits per heavy atom. The zero-order chi connectivity index (χ0) is 19.0. The third-order valence-electron chi connectivity index (χ3n) is 3.91. The van der Waals surface area contributed by atoms with Gasteiger partial charge in [-0.3, -0.25) is 0 Å². The SMILES string of the molecule is CCO[Si](CCCOc1ccc2c(C)cc(=O)oc2c1)(OCC)OCC. The Bertz CT molecular complexity index is 740. The quantitative estimate of drug-likeness (QED) is 0.334. The number of hydrogen-bond acceptors (Lipinski definition) is 6. The number of hydrogen-bond donors (Lipinski definition) is 0. The van der Waals surface area contributed by atoms with Crippen LogP contribution in [0.3, 0.4) is 0 Å². The van der Waals surface area contributed by atoms with Crippen molar-refractivity contribution in [3.8, 4) is 5.75 Å². The first-order valence-corrected chi connectivity index (χ1v) is 11.1. The molecule has 0 fully saturated rings. The summed E-state index contributed by atoms with van der Waals surface area (Å²) in [6.45, 7) is 9.93. The van der Waals surface area contributed by atoms with Crippen molar-refractivity contribution >= 4 is 19.8 Å². The van der Waals surface area contributed by atoms with Gasteiger partial charge >= 0.3 is 14.4 Å². The number of ether oxygens (including phenoxy) is 1. The average molecular weight is 381 g/mol. The van der Waals surface area contributed by atoms with E-state index in [-0.39, 0.29) is 5.63 Å². The minimum absolute atomic E-state index is 0.354. The summed E-state index contributed by atoms with van der Waals surface area (Å²) < 4.78 is 28.6. The van der Waals surface area contributed by atoms with Gasteiger partial charge < -0.3 is 22.4 Å². The van der Waals surface area contributed by atoms with Crippen LogP contribution in [-0.2, 0) is 13.3 Å². The summed E-state index contributed by atoms with van der Waals surface area (Å²) in [6.07, 6.45) is 0.752. The maximum atomic E-state index is 11.5. The molecule has 0 radical (unpaired) electrons. The summed E-state index contributed by atoms with van der Waals surface area (Å²) in [5.74, 6) is 0.669. The fraction of sp³-hybridized carbons (Fsp3) is 0.526. The molecule has 0 aliphatic carbocycles. The molecule has 1 aromatic heterocycles. The number of fused-ring (bicyclic) bond motifs is 1. The minimum atomic E-state index is -2.63. The zero-order valence-electron chi connectivity index (χ0n) is 16.0. The first-order valence-electron chi connectivity index (χ1n) is 9.12. The number of rotatable bonds is 11. The van der Waals surface area contributed by atoms with Crippen LogP contribution in [0.4, 0.5) is 0 Å². The highest BCUT2D eigenvalue weighted by molar-refractivity contribution is 6.60. The van der Waals surface area contributed by atoms with Crippen LogP contribution in [0.5, 0.6) is 5.75 Å². The predicted octanol–water partition coefficient (Wildman–Crippen LogP) is 3.92. The van der Waals surface area contributed by atoms with Crippen molar-refractivity contribution in [1.82, 2.24) is 0 Å². The molecule has 0 saturated heterocycles. The Kier molecular flexibility index (Phi) is 7.83. The molecule has 26 heavy (non-hydrogen) atoms. The van der Waals surface area contributed by atoms with E-state index in [1.807, 2.05) is 39.8 Å². The summed E-state index contributed by atoms with van der Waals surface area (Å²) in [5, 5.41) is 0.910. The van der Waals surface area contributed by atoms with Gasteiger partial charge in [0.05, 0.1) is 6.61 Å². The highest BCUT2D eigenvalue weighted by Gasteiger charge is 2.39. The van der Waals surface area contributed by atoms with E-state index in [4.69, 9.17) is 22.4 Å². The van der Waals surface area contributed by atoms with E-state index in [2.05, 4.69) is 0 Å². The zero-order valence-corrected chi connectivity index (χ0v) is 17.0. The van der Waals surface area contributed by atoms with Crippen molar-refractivity contribution < 1.29 is 22.4 Å². The molecule has 7 heteroatoms. The van der Waals surface area contributed by atoms with Crippen molar-refractivity contribution in [1.29, 1.82) is 0 Å². The van der Waals surface area contributed by atoms with Gasteiger partial charge in [-0.05, 0) is 51.8 Å². The summed E-state index contributed by atoms with van der Waals surface area (Å²) >= 11 is 0. The second-order valence-corrected chi connectivity index (χ2v) is 8.57. The molecule has 0 bridgehead atoms. The standard InChI is InChI=1S/C19H28O6Si/c1-5-22-26(23-6-2,24-7-3)12-8-11-21-16-9-10-17-15(4)13-19(20)25-18(17)14-16/h9-10,13-14H,5-8,11-12H2,1-4H3. The molecule has 2 aromatic rings. The Labute approximate surface area is 155 Å². The fourth-order valence-corrected chi connectivity index (χ4v) is 5.45. The van der Waals surface area contributed by atoms with Crippen LogP contribution in [0, 0.1) is 6.92 Å². The minimum Gasteiger partial charge on any atom is -0.493 e. The van der Waals surface area contributed by atoms with Crippen molar-refractivity contribution in [3.63, 3.8) is 0 Å². The Hall–Kier alpha value is -1.67. The van der Waals surface area contributed by atoms with E-state index in [0.29, 0.717) is 43.8 Å². The molecule has 0 saturated carbocycles. The van der Waals surface area contributed by atoms with Crippen molar-refractivity contribution in [3.05, 3.63) is 40.2 Å². The van der Waals surface area contributed by atoms with E-state index in [9.17, 15) is 4.79 Å². The predicted molar refractivity (Wildman–Crippen MR) is 103 cm³/mol. The van der Waals surface area contributed by atoms with Gasteiger partial charge in [-0.15, -0.1) is 0 Å². The van der Waals surface area contributed by atoms with E-state index in [0.717, 1.165) is 17.4 Å². The molecule has 0 atom stereocenters. The van der Waals surface area contributed by atoms with Gasteiger partial charge in [-0.25, -0.2) is 4.79 Å². The lowest BCUT2D eigenvalue weighted by atomic mass is 10.1. The van der Waals surface area contributed by atoms with Gasteiger partial charge in [0.25, 0.3) is 0 Å². The molecular weight excluding hydrogens is 352 g/mol. The van der Waals surface area contributed by atoms with Crippen molar-refractivity contribution in [2.45, 2.75) is 40.2 Å². The van der Waals surface area contributed by atoms with Crippen LogP contribution in [0.1, 0.15) is 32.8 Å². The van der Waals surface area contributed by atoms with Crippen LogP contribution >= 0.6 is 0 Å². The third-order valence-corrected chi connectivity index (χ3v) is 7.06. The molecule has 2 rings (SSSR count). The number of benzene rings is 1. The largest absolute Gasteiger partial charge is 0.501 e. The van der Waals surface area contributed by atoms with Crippen LogP contribution in [0.15, 0.2) is 33.5 Å². The first-order chi connectivity index (χ1) is 12.5. The maximum absolute atomic E-state index is 11.5. The monoisotopic (exact) mass is 380 g/mol. The van der Waals surface area contributed by atoms with Gasteiger partial charge in [-0.2, -0.15) is 0 Å². The first kappa shape index (κ1) is 20.6. The van der Waals surface area contributed by atoms with Crippen LogP contribution in [0.25, 0.3) is 11.0 Å². The molecule has 1 aromatic carbocycles. The Balaban J connectivity index is 1.97. The van der Waals surface area contributed by atoms with E-state index in [1.54, 1.807) is 6.07 Å². The molecule has 0 unspecified atom stereocenters. The molecular formula is C19H28O6Si. The topological polar surface area (TPSA) is 67.1 Å². The van der Waals surface area contributed by atoms with Crippen molar-refractivity contribution in [2.75, 3.05) is 26.4 Å². The molecule has 0 N–H and O–H groups in total. The second kappa shape index (κ2) is 9.87. The fourth-order valence-electron chi connectivity index (χ4n) is 2.87. The highest BCUT2D eigenvalue weighted by atomic mass is 28.4. The molecule has 0 aliphatic heterocycles. The van der Waals surface area contributed by atoms with Gasteiger partial charge in [0.15, 0.2) is 0 Å². The highest BCUT2D eigenvalue weighted by Crippen LogP contribution is 2.23. The smallest absolute Gasteiger partial charge is 0.493 e. The van der Waals surface area contributed by atoms with Crippen molar-refractivity contribution in [2.24, 2.45) is 0 Å².